The highest BCUT2D eigenvalue weighted by Gasteiger charge is 2.09. The summed E-state index contributed by atoms with van der Waals surface area (Å²) < 4.78 is 0. The summed E-state index contributed by atoms with van der Waals surface area (Å²) >= 11 is 0. The number of nitrogens with zero attached hydrogens (tertiary/aromatic N) is 1. The van der Waals surface area contributed by atoms with Crippen LogP contribution in [0, 0.1) is 11.3 Å². The Balaban J connectivity index is 2.12. The Morgan fingerprint density at radius 3 is 2.38 bits per heavy atom. The van der Waals surface area contributed by atoms with Crippen molar-refractivity contribution in [3.8, 4) is 6.07 Å². The minimum Gasteiger partial charge on any atom is -0.478 e. The lowest BCUT2D eigenvalue weighted by molar-refractivity contribution is 0.0697. The summed E-state index contributed by atoms with van der Waals surface area (Å²) in [5.74, 6) is -1.46. The number of aromatic carboxylic acids is 1. The molecule has 0 aromatic heterocycles. The first-order valence-electron chi connectivity index (χ1n) is 6.21. The highest BCUT2D eigenvalue weighted by Crippen LogP contribution is 2.12. The highest BCUT2D eigenvalue weighted by atomic mass is 16.4. The summed E-state index contributed by atoms with van der Waals surface area (Å²) in [6.07, 6.45) is 0.314. The van der Waals surface area contributed by atoms with Crippen LogP contribution >= 0.6 is 0 Å². The molecule has 104 valence electrons. The van der Waals surface area contributed by atoms with E-state index in [-0.39, 0.29) is 17.0 Å². The van der Waals surface area contributed by atoms with Crippen molar-refractivity contribution in [3.05, 3.63) is 65.2 Å². The molecule has 0 unspecified atom stereocenters. The van der Waals surface area contributed by atoms with Gasteiger partial charge >= 0.3 is 5.97 Å². The number of hydrogen-bond donors (Lipinski definition) is 2. The Bertz CT molecular complexity index is 715. The average Bonchev–Trinajstić information content (AvgIpc) is 2.49. The van der Waals surface area contributed by atoms with Gasteiger partial charge in [0.1, 0.15) is 0 Å². The van der Waals surface area contributed by atoms with Gasteiger partial charge in [-0.3, -0.25) is 4.79 Å². The van der Waals surface area contributed by atoms with E-state index in [1.165, 1.54) is 18.2 Å². The molecule has 0 aliphatic carbocycles. The largest absolute Gasteiger partial charge is 0.478 e. The van der Waals surface area contributed by atoms with E-state index in [4.69, 9.17) is 10.4 Å². The van der Waals surface area contributed by atoms with Crippen LogP contribution in [-0.2, 0) is 6.42 Å². The van der Waals surface area contributed by atoms with Crippen LogP contribution in [-0.4, -0.2) is 17.0 Å². The van der Waals surface area contributed by atoms with E-state index in [0.29, 0.717) is 12.1 Å². The standard InChI is InChI=1S/C16H12N2O3/c17-9-8-11-4-6-14(7-5-11)18-15(19)12-2-1-3-13(10-12)16(20)21/h1-7,10H,8H2,(H,18,19)(H,20,21). The van der Waals surface area contributed by atoms with E-state index >= 15 is 0 Å². The zero-order valence-electron chi connectivity index (χ0n) is 11.0. The molecule has 0 aliphatic heterocycles. The fraction of sp³-hybridized carbons (Fsp3) is 0.0625. The summed E-state index contributed by atoms with van der Waals surface area (Å²) in [6, 6.07) is 14.8. The molecule has 0 radical (unpaired) electrons. The van der Waals surface area contributed by atoms with E-state index in [9.17, 15) is 9.59 Å². The summed E-state index contributed by atoms with van der Waals surface area (Å²) in [5.41, 5.74) is 1.79. The molecule has 2 N–H and O–H groups in total. The van der Waals surface area contributed by atoms with Crippen LogP contribution < -0.4 is 5.32 Å². The van der Waals surface area contributed by atoms with Crippen LogP contribution in [0.2, 0.25) is 0 Å². The summed E-state index contributed by atoms with van der Waals surface area (Å²) in [4.78, 5) is 22.9. The van der Waals surface area contributed by atoms with Crippen molar-refractivity contribution in [2.75, 3.05) is 5.32 Å². The van der Waals surface area contributed by atoms with Crippen molar-refractivity contribution in [1.82, 2.24) is 0 Å². The number of nitrogens with one attached hydrogen (secondary N) is 1. The van der Waals surface area contributed by atoms with Gasteiger partial charge in [-0.15, -0.1) is 0 Å². The molecule has 0 spiro atoms. The molecule has 0 bridgehead atoms. The molecule has 5 heteroatoms. The molecule has 5 nitrogen and oxygen atoms in total. The Hall–Kier alpha value is -3.13. The molecule has 2 aromatic rings. The van der Waals surface area contributed by atoms with Gasteiger partial charge in [0, 0.05) is 11.3 Å². The number of hydrogen-bond acceptors (Lipinski definition) is 3. The molecule has 0 saturated heterocycles. The van der Waals surface area contributed by atoms with Gasteiger partial charge in [-0.2, -0.15) is 5.26 Å². The van der Waals surface area contributed by atoms with Crippen LogP contribution in [0.25, 0.3) is 0 Å². The number of rotatable bonds is 4. The monoisotopic (exact) mass is 280 g/mol. The van der Waals surface area contributed by atoms with Crippen LogP contribution in [0.4, 0.5) is 5.69 Å². The highest BCUT2D eigenvalue weighted by molar-refractivity contribution is 6.05. The summed E-state index contributed by atoms with van der Waals surface area (Å²) in [7, 11) is 0. The van der Waals surface area contributed by atoms with E-state index in [2.05, 4.69) is 5.32 Å². The zero-order valence-corrected chi connectivity index (χ0v) is 11.0. The maximum Gasteiger partial charge on any atom is 0.335 e. The number of carbonyl (C=O) groups excluding carboxylic acids is 1. The number of benzene rings is 2. The summed E-state index contributed by atoms with van der Waals surface area (Å²) in [5, 5.41) is 20.2. The maximum atomic E-state index is 12.0. The van der Waals surface area contributed by atoms with Crippen LogP contribution in [0.1, 0.15) is 26.3 Å². The number of nitriles is 1. The van der Waals surface area contributed by atoms with Crippen LogP contribution in [0.5, 0.6) is 0 Å². The lowest BCUT2D eigenvalue weighted by Crippen LogP contribution is -2.12. The normalized spacial score (nSPS) is 9.67. The first-order chi connectivity index (χ1) is 10.1. The van der Waals surface area contributed by atoms with Gasteiger partial charge in [0.15, 0.2) is 0 Å². The Morgan fingerprint density at radius 1 is 1.10 bits per heavy atom. The number of anilines is 1. The van der Waals surface area contributed by atoms with E-state index in [1.54, 1.807) is 30.3 Å². The topological polar surface area (TPSA) is 90.2 Å². The fourth-order valence-electron chi connectivity index (χ4n) is 1.79. The maximum absolute atomic E-state index is 12.0. The SMILES string of the molecule is N#CCc1ccc(NC(=O)c2cccc(C(=O)O)c2)cc1. The molecule has 21 heavy (non-hydrogen) atoms. The molecule has 0 heterocycles. The average molecular weight is 280 g/mol. The van der Waals surface area contributed by atoms with E-state index in [1.807, 2.05) is 6.07 Å². The van der Waals surface area contributed by atoms with Crippen molar-refractivity contribution in [1.29, 1.82) is 5.26 Å². The molecule has 1 amide bonds. The quantitative estimate of drug-likeness (QED) is 0.900. The molecular formula is C16H12N2O3. The number of amides is 1. The van der Waals surface area contributed by atoms with Gasteiger partial charge in [-0.25, -0.2) is 4.79 Å². The molecule has 0 fully saturated rings. The smallest absolute Gasteiger partial charge is 0.335 e. The zero-order chi connectivity index (χ0) is 15.2. The molecular weight excluding hydrogens is 268 g/mol. The van der Waals surface area contributed by atoms with Gasteiger partial charge < -0.3 is 10.4 Å². The number of carbonyl (C=O) groups is 2. The van der Waals surface area contributed by atoms with Crippen molar-refractivity contribution >= 4 is 17.6 Å². The molecule has 2 rings (SSSR count). The van der Waals surface area contributed by atoms with Gasteiger partial charge in [0.2, 0.25) is 0 Å². The van der Waals surface area contributed by atoms with Crippen molar-refractivity contribution in [2.24, 2.45) is 0 Å². The van der Waals surface area contributed by atoms with Crippen molar-refractivity contribution in [2.45, 2.75) is 6.42 Å². The minimum atomic E-state index is -1.08. The first-order valence-corrected chi connectivity index (χ1v) is 6.21. The minimum absolute atomic E-state index is 0.0621. The van der Waals surface area contributed by atoms with E-state index < -0.39 is 5.97 Å². The van der Waals surface area contributed by atoms with Crippen molar-refractivity contribution < 1.29 is 14.7 Å². The summed E-state index contributed by atoms with van der Waals surface area (Å²) in [6.45, 7) is 0. The first kappa shape index (κ1) is 14.3. The van der Waals surface area contributed by atoms with Gasteiger partial charge in [0.25, 0.3) is 5.91 Å². The molecule has 0 atom stereocenters. The van der Waals surface area contributed by atoms with Gasteiger partial charge in [-0.1, -0.05) is 18.2 Å². The predicted octanol–water partition coefficient (Wildman–Crippen LogP) is 2.70. The van der Waals surface area contributed by atoms with Crippen LogP contribution in [0.15, 0.2) is 48.5 Å². The lowest BCUT2D eigenvalue weighted by atomic mass is 10.1. The molecule has 0 aliphatic rings. The third-order valence-corrected chi connectivity index (χ3v) is 2.87. The molecule has 0 saturated carbocycles. The third-order valence-electron chi connectivity index (χ3n) is 2.87. The van der Waals surface area contributed by atoms with E-state index in [0.717, 1.165) is 5.56 Å². The van der Waals surface area contributed by atoms with Crippen molar-refractivity contribution in [3.63, 3.8) is 0 Å². The Labute approximate surface area is 121 Å². The van der Waals surface area contributed by atoms with Gasteiger partial charge in [0.05, 0.1) is 18.1 Å². The molecule has 2 aromatic carbocycles. The predicted molar refractivity (Wildman–Crippen MR) is 77.1 cm³/mol. The second kappa shape index (κ2) is 6.35. The Morgan fingerprint density at radius 2 is 1.76 bits per heavy atom. The second-order valence-corrected chi connectivity index (χ2v) is 4.37. The number of carboxylic acids is 1. The lowest BCUT2D eigenvalue weighted by Gasteiger charge is -2.06. The second-order valence-electron chi connectivity index (χ2n) is 4.37. The number of carboxylic acid groups (broad SMARTS) is 1. The third kappa shape index (κ3) is 3.67. The fourth-order valence-corrected chi connectivity index (χ4v) is 1.79. The Kier molecular flexibility index (Phi) is 4.32. The van der Waals surface area contributed by atoms with Crippen LogP contribution in [0.3, 0.4) is 0 Å². The van der Waals surface area contributed by atoms with Gasteiger partial charge in [-0.05, 0) is 35.9 Å².